The highest BCUT2D eigenvalue weighted by Gasteiger charge is 2.35. The van der Waals surface area contributed by atoms with Crippen molar-refractivity contribution < 1.29 is 19.2 Å². The van der Waals surface area contributed by atoms with Gasteiger partial charge in [0.25, 0.3) is 17.1 Å². The number of hydrazone groups is 1. The molecule has 0 aliphatic carbocycles. The second-order valence-electron chi connectivity index (χ2n) is 7.92. The Labute approximate surface area is 200 Å². The maximum Gasteiger partial charge on any atom is 0.293 e. The van der Waals surface area contributed by atoms with Crippen molar-refractivity contribution in [1.82, 2.24) is 15.2 Å². The van der Waals surface area contributed by atoms with Crippen molar-refractivity contribution in [2.75, 3.05) is 18.1 Å². The first kappa shape index (κ1) is 23.4. The molecule has 9 nitrogen and oxygen atoms in total. The predicted molar refractivity (Wildman–Crippen MR) is 130 cm³/mol. The quantitative estimate of drug-likeness (QED) is 0.640. The molecule has 1 fully saturated rings. The lowest BCUT2D eigenvalue weighted by atomic mass is 10.1. The lowest BCUT2D eigenvalue weighted by Gasteiger charge is -2.25. The Bertz CT molecular complexity index is 1230. The van der Waals surface area contributed by atoms with Crippen LogP contribution in [-0.4, -0.2) is 51.6 Å². The van der Waals surface area contributed by atoms with Crippen molar-refractivity contribution in [1.29, 1.82) is 0 Å². The number of hydrogen-bond donors (Lipinski definition) is 1. The lowest BCUT2D eigenvalue weighted by Crippen LogP contribution is -2.42. The van der Waals surface area contributed by atoms with Gasteiger partial charge in [0.05, 0.1) is 10.6 Å². The van der Waals surface area contributed by atoms with Gasteiger partial charge in [0.2, 0.25) is 5.91 Å². The van der Waals surface area contributed by atoms with Crippen LogP contribution in [0.25, 0.3) is 6.08 Å². The molecule has 1 aromatic heterocycles. The first-order chi connectivity index (χ1) is 16.3. The number of rotatable bonds is 6. The maximum atomic E-state index is 12.7. The first-order valence-electron chi connectivity index (χ1n) is 10.7. The molecule has 0 spiro atoms. The number of thioether (sulfide) groups is 1. The molecule has 0 bridgehead atoms. The van der Waals surface area contributed by atoms with Gasteiger partial charge in [0.15, 0.2) is 0 Å². The molecule has 174 valence electrons. The van der Waals surface area contributed by atoms with Gasteiger partial charge in [0.1, 0.15) is 5.71 Å². The minimum absolute atomic E-state index is 0.0354. The molecule has 0 unspecified atom stereocenters. The third-order valence-electron chi connectivity index (χ3n) is 5.36. The molecule has 2 aromatic rings. The second-order valence-corrected chi connectivity index (χ2v) is 8.91. The van der Waals surface area contributed by atoms with E-state index in [1.165, 1.54) is 5.01 Å². The molecule has 4 amide bonds. The number of pyridine rings is 1. The van der Waals surface area contributed by atoms with Gasteiger partial charge in [-0.2, -0.15) is 5.10 Å². The van der Waals surface area contributed by atoms with Crippen LogP contribution in [0.5, 0.6) is 0 Å². The van der Waals surface area contributed by atoms with E-state index in [0.717, 1.165) is 33.4 Å². The van der Waals surface area contributed by atoms with Crippen LogP contribution in [0.2, 0.25) is 0 Å². The van der Waals surface area contributed by atoms with Crippen LogP contribution in [-0.2, 0) is 14.4 Å². The first-order valence-corrected chi connectivity index (χ1v) is 11.6. The fourth-order valence-electron chi connectivity index (χ4n) is 3.54. The summed E-state index contributed by atoms with van der Waals surface area (Å²) >= 11 is 0.854. The van der Waals surface area contributed by atoms with Crippen LogP contribution in [0.4, 0.5) is 10.5 Å². The number of nitrogens with zero attached hydrogens (tertiary/aromatic N) is 4. The molecule has 34 heavy (non-hydrogen) atoms. The number of imide groups is 1. The Kier molecular flexibility index (Phi) is 6.87. The number of benzene rings is 1. The van der Waals surface area contributed by atoms with Crippen LogP contribution in [0.15, 0.2) is 52.7 Å². The van der Waals surface area contributed by atoms with Gasteiger partial charge >= 0.3 is 0 Å². The Balaban J connectivity index is 1.38. The topological polar surface area (TPSA) is 112 Å². The monoisotopic (exact) mass is 477 g/mol. The number of aromatic nitrogens is 1. The number of carbonyl (C=O) groups is 4. The zero-order valence-electron chi connectivity index (χ0n) is 18.8. The molecular formula is C24H23N5O4S. The molecule has 0 atom stereocenters. The van der Waals surface area contributed by atoms with E-state index in [-0.39, 0.29) is 37.6 Å². The molecule has 4 rings (SSSR count). The molecule has 0 saturated carbocycles. The third-order valence-corrected chi connectivity index (χ3v) is 6.27. The smallest absolute Gasteiger partial charge is 0.293 e. The van der Waals surface area contributed by atoms with Crippen molar-refractivity contribution in [2.45, 2.75) is 26.7 Å². The van der Waals surface area contributed by atoms with Crippen LogP contribution in [0.3, 0.4) is 0 Å². The predicted octanol–water partition coefficient (Wildman–Crippen LogP) is 3.03. The SMILES string of the molecule is Cc1ccc(C)c(N2N=C(C(=O)NCCN3C(=O)S/C(=C/c4cccnc4)C3=O)CCC2=O)c1. The van der Waals surface area contributed by atoms with Gasteiger partial charge in [-0.3, -0.25) is 29.1 Å². The van der Waals surface area contributed by atoms with E-state index in [9.17, 15) is 19.2 Å². The molecule has 2 aliphatic heterocycles. The van der Waals surface area contributed by atoms with Crippen LogP contribution >= 0.6 is 11.8 Å². The van der Waals surface area contributed by atoms with Crippen molar-refractivity contribution in [2.24, 2.45) is 5.10 Å². The van der Waals surface area contributed by atoms with Gasteiger partial charge < -0.3 is 5.32 Å². The fraction of sp³-hybridized carbons (Fsp3) is 0.250. The number of amides is 4. The minimum atomic E-state index is -0.430. The van der Waals surface area contributed by atoms with Crippen molar-refractivity contribution in [3.05, 3.63) is 64.3 Å². The average molecular weight is 478 g/mol. The minimum Gasteiger partial charge on any atom is -0.349 e. The highest BCUT2D eigenvalue weighted by molar-refractivity contribution is 8.18. The summed E-state index contributed by atoms with van der Waals surface area (Å²) in [6.07, 6.45) is 5.24. The average Bonchev–Trinajstić information content (AvgIpc) is 3.09. The summed E-state index contributed by atoms with van der Waals surface area (Å²) in [6.45, 7) is 3.91. The Hall–Kier alpha value is -3.79. The normalized spacial score (nSPS) is 17.4. The van der Waals surface area contributed by atoms with Crippen molar-refractivity contribution >= 4 is 52.2 Å². The summed E-state index contributed by atoms with van der Waals surface area (Å²) < 4.78 is 0. The maximum absolute atomic E-state index is 12.7. The van der Waals surface area contributed by atoms with Crippen LogP contribution in [0, 0.1) is 13.8 Å². The van der Waals surface area contributed by atoms with E-state index in [4.69, 9.17) is 0 Å². The zero-order valence-corrected chi connectivity index (χ0v) is 19.6. The molecule has 0 radical (unpaired) electrons. The van der Waals surface area contributed by atoms with E-state index >= 15 is 0 Å². The van der Waals surface area contributed by atoms with E-state index in [1.807, 2.05) is 32.0 Å². The van der Waals surface area contributed by atoms with Gasteiger partial charge in [-0.05, 0) is 60.5 Å². The van der Waals surface area contributed by atoms with Gasteiger partial charge in [-0.15, -0.1) is 0 Å². The largest absolute Gasteiger partial charge is 0.349 e. The van der Waals surface area contributed by atoms with E-state index in [0.29, 0.717) is 10.6 Å². The number of anilines is 1. The highest BCUT2D eigenvalue weighted by atomic mass is 32.2. The molecule has 2 aliphatic rings. The summed E-state index contributed by atoms with van der Waals surface area (Å²) in [7, 11) is 0. The molecule has 1 saturated heterocycles. The van der Waals surface area contributed by atoms with Crippen LogP contribution in [0.1, 0.15) is 29.5 Å². The standard InChI is InChI=1S/C24H23N5O4S/c1-15-5-6-16(2)19(12-15)29-21(30)8-7-18(27-29)22(31)26-10-11-28-23(32)20(34-24(28)33)13-17-4-3-9-25-14-17/h3-6,9,12-14H,7-8,10-11H2,1-2H3,(H,26,31)/b20-13+. The molecule has 3 heterocycles. The highest BCUT2D eigenvalue weighted by Crippen LogP contribution is 2.31. The summed E-state index contributed by atoms with van der Waals surface area (Å²) in [5.41, 5.74) is 3.46. The van der Waals surface area contributed by atoms with Gasteiger partial charge in [0, 0.05) is 38.3 Å². The second kappa shape index (κ2) is 10.0. The Morgan fingerprint density at radius 2 is 2.00 bits per heavy atom. The third kappa shape index (κ3) is 5.07. The van der Waals surface area contributed by atoms with Gasteiger partial charge in [-0.1, -0.05) is 18.2 Å². The molecule has 1 aromatic carbocycles. The summed E-state index contributed by atoms with van der Waals surface area (Å²) in [6, 6.07) is 9.24. The fourth-order valence-corrected chi connectivity index (χ4v) is 4.41. The summed E-state index contributed by atoms with van der Waals surface area (Å²) in [4.78, 5) is 55.4. The Morgan fingerprint density at radius 1 is 1.18 bits per heavy atom. The van der Waals surface area contributed by atoms with Crippen LogP contribution < -0.4 is 10.3 Å². The summed E-state index contributed by atoms with van der Waals surface area (Å²) in [5.74, 6) is -1.01. The number of nitrogens with one attached hydrogen (secondary N) is 1. The Morgan fingerprint density at radius 3 is 2.76 bits per heavy atom. The number of aryl methyl sites for hydroxylation is 2. The van der Waals surface area contributed by atoms with E-state index in [2.05, 4.69) is 15.4 Å². The number of hydrogen-bond acceptors (Lipinski definition) is 7. The molecule has 10 heteroatoms. The lowest BCUT2D eigenvalue weighted by molar-refractivity contribution is -0.123. The summed E-state index contributed by atoms with van der Waals surface area (Å²) in [5, 5.41) is 7.89. The zero-order chi connectivity index (χ0) is 24.2. The van der Waals surface area contributed by atoms with E-state index in [1.54, 1.807) is 30.6 Å². The van der Waals surface area contributed by atoms with Crippen molar-refractivity contribution in [3.8, 4) is 0 Å². The van der Waals surface area contributed by atoms with Crippen molar-refractivity contribution in [3.63, 3.8) is 0 Å². The molecule has 1 N–H and O–H groups in total. The number of carbonyl (C=O) groups excluding carboxylic acids is 4. The van der Waals surface area contributed by atoms with E-state index < -0.39 is 17.1 Å². The molecular weight excluding hydrogens is 454 g/mol. The van der Waals surface area contributed by atoms with Gasteiger partial charge in [-0.25, -0.2) is 5.01 Å².